The third-order valence-corrected chi connectivity index (χ3v) is 11.1. The van der Waals surface area contributed by atoms with E-state index >= 15 is 0 Å². The maximum atomic E-state index is 5.28. The van der Waals surface area contributed by atoms with E-state index in [9.17, 15) is 0 Å². The smallest absolute Gasteiger partial charge is 0.164 e. The van der Waals surface area contributed by atoms with Gasteiger partial charge in [0.1, 0.15) is 0 Å². The summed E-state index contributed by atoms with van der Waals surface area (Å²) >= 11 is 0. The summed E-state index contributed by atoms with van der Waals surface area (Å²) in [6, 6.07) is 62.3. The van der Waals surface area contributed by atoms with Crippen molar-refractivity contribution in [1.29, 1.82) is 0 Å². The predicted molar refractivity (Wildman–Crippen MR) is 230 cm³/mol. The molecule has 0 spiro atoms. The number of hydrogen-bond acceptors (Lipinski definition) is 3. The van der Waals surface area contributed by atoms with E-state index in [1.54, 1.807) is 0 Å². The van der Waals surface area contributed by atoms with Gasteiger partial charge in [0.15, 0.2) is 17.5 Å². The number of hydrogen-bond donors (Lipinski definition) is 0. The molecule has 0 aliphatic heterocycles. The van der Waals surface area contributed by atoms with Gasteiger partial charge >= 0.3 is 0 Å². The second-order valence-corrected chi connectivity index (χ2v) is 14.4. The van der Waals surface area contributed by atoms with Gasteiger partial charge in [0.2, 0.25) is 0 Å². The fourth-order valence-corrected chi connectivity index (χ4v) is 8.47. The van der Waals surface area contributed by atoms with Gasteiger partial charge in [-0.25, -0.2) is 15.0 Å². The SMILES string of the molecule is C1=CC(c2ccccc2)CC=C1c1nc(-c2ccccc2)nc(-c2cc(-n3c4ccccc4c4ccccc43)cc(-n3c4ccccc4c4ccccc43)c2)n1. The van der Waals surface area contributed by atoms with Gasteiger partial charge in [-0.3, -0.25) is 0 Å². The van der Waals surface area contributed by atoms with Crippen LogP contribution in [0, 0.1) is 0 Å². The van der Waals surface area contributed by atoms with E-state index in [0.29, 0.717) is 23.4 Å². The summed E-state index contributed by atoms with van der Waals surface area (Å²) in [5, 5.41) is 4.85. The lowest BCUT2D eigenvalue weighted by atomic mass is 9.90. The minimum atomic E-state index is 0.312. The van der Waals surface area contributed by atoms with Crippen molar-refractivity contribution in [1.82, 2.24) is 24.1 Å². The normalized spacial score (nSPS) is 14.2. The number of fused-ring (bicyclic) bond motifs is 6. The van der Waals surface area contributed by atoms with Crippen LogP contribution in [0.3, 0.4) is 0 Å². The summed E-state index contributed by atoms with van der Waals surface area (Å²) in [5.41, 5.74) is 10.8. The Labute approximate surface area is 324 Å². The van der Waals surface area contributed by atoms with Crippen LogP contribution in [0.5, 0.6) is 0 Å². The molecule has 1 aliphatic carbocycles. The molecule has 5 nitrogen and oxygen atoms in total. The third-order valence-electron chi connectivity index (χ3n) is 11.1. The Kier molecular flexibility index (Phi) is 7.56. The van der Waals surface area contributed by atoms with Crippen LogP contribution < -0.4 is 0 Å². The van der Waals surface area contributed by atoms with E-state index in [1.165, 1.54) is 27.1 Å². The van der Waals surface area contributed by atoms with Gasteiger partial charge in [0.25, 0.3) is 0 Å². The topological polar surface area (TPSA) is 48.5 Å². The van der Waals surface area contributed by atoms with E-state index in [4.69, 9.17) is 15.0 Å². The molecule has 0 fully saturated rings. The predicted octanol–water partition coefficient (Wildman–Crippen LogP) is 12.5. The highest BCUT2D eigenvalue weighted by atomic mass is 15.0. The van der Waals surface area contributed by atoms with Crippen molar-refractivity contribution < 1.29 is 0 Å². The van der Waals surface area contributed by atoms with Gasteiger partial charge in [0.05, 0.1) is 22.1 Å². The fraction of sp³-hybridized carbons (Fsp3) is 0.0392. The maximum absolute atomic E-state index is 5.28. The molecule has 11 rings (SSSR count). The van der Waals surface area contributed by atoms with Gasteiger partial charge in [0, 0.05) is 55.5 Å². The molecule has 3 aromatic heterocycles. The molecular formula is C51H35N5. The van der Waals surface area contributed by atoms with Gasteiger partial charge in [-0.05, 0) is 54.4 Å². The first-order chi connectivity index (χ1) is 27.8. The van der Waals surface area contributed by atoms with Crippen LogP contribution >= 0.6 is 0 Å². The molecule has 5 heteroatoms. The molecule has 264 valence electrons. The molecule has 0 saturated heterocycles. The summed E-state index contributed by atoms with van der Waals surface area (Å²) in [4.78, 5) is 15.6. The summed E-state index contributed by atoms with van der Waals surface area (Å²) < 4.78 is 4.75. The number of allylic oxidation sites excluding steroid dienone is 4. The number of rotatable bonds is 6. The van der Waals surface area contributed by atoms with E-state index in [1.807, 2.05) is 18.2 Å². The van der Waals surface area contributed by atoms with Crippen LogP contribution in [-0.4, -0.2) is 24.1 Å². The maximum Gasteiger partial charge on any atom is 0.164 e. The van der Waals surface area contributed by atoms with Gasteiger partial charge in [-0.15, -0.1) is 0 Å². The minimum absolute atomic E-state index is 0.312. The van der Waals surface area contributed by atoms with Crippen molar-refractivity contribution in [2.75, 3.05) is 0 Å². The monoisotopic (exact) mass is 717 g/mol. The number of para-hydroxylation sites is 4. The van der Waals surface area contributed by atoms with Crippen molar-refractivity contribution in [2.45, 2.75) is 12.3 Å². The van der Waals surface area contributed by atoms with E-state index in [0.717, 1.165) is 56.6 Å². The van der Waals surface area contributed by atoms with Crippen molar-refractivity contribution in [3.63, 3.8) is 0 Å². The van der Waals surface area contributed by atoms with Gasteiger partial charge in [-0.2, -0.15) is 0 Å². The largest absolute Gasteiger partial charge is 0.309 e. The summed E-state index contributed by atoms with van der Waals surface area (Å²) in [6.45, 7) is 0. The van der Waals surface area contributed by atoms with Crippen LogP contribution in [0.1, 0.15) is 23.7 Å². The summed E-state index contributed by atoms with van der Waals surface area (Å²) in [6.07, 6.45) is 7.59. The zero-order valence-corrected chi connectivity index (χ0v) is 30.5. The molecule has 0 N–H and O–H groups in total. The quantitative estimate of drug-likeness (QED) is 0.172. The first kappa shape index (κ1) is 32.1. The zero-order chi connectivity index (χ0) is 37.0. The molecule has 0 saturated carbocycles. The Balaban J connectivity index is 1.17. The molecule has 7 aromatic carbocycles. The first-order valence-corrected chi connectivity index (χ1v) is 19.1. The lowest BCUT2D eigenvalue weighted by molar-refractivity contribution is 0.854. The molecule has 1 aliphatic rings. The fourth-order valence-electron chi connectivity index (χ4n) is 8.47. The molecule has 1 unspecified atom stereocenters. The third kappa shape index (κ3) is 5.36. The van der Waals surface area contributed by atoms with Crippen molar-refractivity contribution >= 4 is 49.2 Å². The Morgan fingerprint density at radius 2 is 0.839 bits per heavy atom. The number of aromatic nitrogens is 5. The second kappa shape index (κ2) is 13.2. The van der Waals surface area contributed by atoms with Gasteiger partial charge in [-0.1, -0.05) is 152 Å². The molecule has 0 bridgehead atoms. The Hall–Kier alpha value is -7.37. The van der Waals surface area contributed by atoms with Crippen molar-refractivity contribution in [3.05, 3.63) is 206 Å². The summed E-state index contributed by atoms with van der Waals surface area (Å²) in [7, 11) is 0. The highest BCUT2D eigenvalue weighted by molar-refractivity contribution is 6.10. The van der Waals surface area contributed by atoms with E-state index < -0.39 is 0 Å². The zero-order valence-electron chi connectivity index (χ0n) is 30.5. The second-order valence-electron chi connectivity index (χ2n) is 14.4. The average Bonchev–Trinajstić information content (AvgIpc) is 3.80. The highest BCUT2D eigenvalue weighted by Gasteiger charge is 2.21. The molecule has 10 aromatic rings. The standard InChI is InChI=1S/C51H35N5/c1-3-15-34(16-4-1)35-27-29-37(30-28-35)50-52-49(36-17-5-2-6-18-36)53-51(54-50)38-31-39(55-45-23-11-7-19-41(45)42-20-8-12-24-46(42)55)33-40(32-38)56-47-25-13-9-21-43(47)44-22-10-14-26-48(44)56/h1-27,29-33,35H,28H2. The van der Waals surface area contributed by atoms with E-state index in [-0.39, 0.29) is 0 Å². The van der Waals surface area contributed by atoms with E-state index in [2.05, 4.69) is 185 Å². The number of benzene rings is 7. The molecular weight excluding hydrogens is 683 g/mol. The van der Waals surface area contributed by atoms with Crippen LogP contribution in [0.15, 0.2) is 194 Å². The average molecular weight is 718 g/mol. The van der Waals surface area contributed by atoms with Crippen molar-refractivity contribution in [3.8, 4) is 34.2 Å². The lowest BCUT2D eigenvalue weighted by Crippen LogP contribution is -2.06. The molecule has 1 atom stereocenters. The Morgan fingerprint density at radius 1 is 0.411 bits per heavy atom. The molecule has 0 amide bonds. The molecule has 3 heterocycles. The van der Waals surface area contributed by atoms with Crippen LogP contribution in [-0.2, 0) is 0 Å². The summed E-state index contributed by atoms with van der Waals surface area (Å²) in [5.74, 6) is 2.24. The van der Waals surface area contributed by atoms with Crippen molar-refractivity contribution in [2.24, 2.45) is 0 Å². The molecule has 56 heavy (non-hydrogen) atoms. The first-order valence-electron chi connectivity index (χ1n) is 19.1. The molecule has 0 radical (unpaired) electrons. The lowest BCUT2D eigenvalue weighted by Gasteiger charge is -2.18. The highest BCUT2D eigenvalue weighted by Crippen LogP contribution is 2.38. The van der Waals surface area contributed by atoms with Gasteiger partial charge < -0.3 is 9.13 Å². The Bertz CT molecular complexity index is 2930. The Morgan fingerprint density at radius 3 is 1.32 bits per heavy atom. The van der Waals surface area contributed by atoms with Crippen LogP contribution in [0.4, 0.5) is 0 Å². The number of nitrogens with zero attached hydrogens (tertiary/aromatic N) is 5. The van der Waals surface area contributed by atoms with Crippen LogP contribution in [0.25, 0.3) is 83.3 Å². The minimum Gasteiger partial charge on any atom is -0.309 e. The van der Waals surface area contributed by atoms with Crippen LogP contribution in [0.2, 0.25) is 0 Å².